The lowest BCUT2D eigenvalue weighted by molar-refractivity contribution is 0.102. The number of carbonyl (C=O) groups excluding carboxylic acids is 1. The first-order valence-corrected chi connectivity index (χ1v) is 7.82. The number of allylic oxidation sites excluding steroid dienone is 2. The molecule has 0 radical (unpaired) electrons. The standard InChI is InChI=1S/C18H9Cl2N5O/c19-13-6-14(20)16(25-18(26)11-4-2-1-3-5-11)7-15(13)24-17(10-23)12(8-21)9-22/h1-7,24H,(H,25,26). The van der Waals surface area contributed by atoms with E-state index in [1.54, 1.807) is 48.5 Å². The summed E-state index contributed by atoms with van der Waals surface area (Å²) in [5, 5.41) is 32.5. The Morgan fingerprint density at radius 1 is 0.846 bits per heavy atom. The van der Waals surface area contributed by atoms with Gasteiger partial charge in [0, 0.05) is 5.56 Å². The van der Waals surface area contributed by atoms with E-state index in [0.717, 1.165) is 0 Å². The zero-order chi connectivity index (χ0) is 19.1. The number of rotatable bonds is 4. The second-order valence-corrected chi connectivity index (χ2v) is 5.66. The molecule has 0 aliphatic carbocycles. The first-order valence-electron chi connectivity index (χ1n) is 7.07. The average Bonchev–Trinajstić information content (AvgIpc) is 2.65. The van der Waals surface area contributed by atoms with Gasteiger partial charge in [0.2, 0.25) is 0 Å². The Balaban J connectivity index is 2.37. The molecule has 1 amide bonds. The number of amides is 1. The minimum atomic E-state index is -0.395. The van der Waals surface area contributed by atoms with Gasteiger partial charge in [-0.15, -0.1) is 0 Å². The zero-order valence-electron chi connectivity index (χ0n) is 13.0. The van der Waals surface area contributed by atoms with E-state index in [-0.39, 0.29) is 33.0 Å². The molecule has 0 aromatic heterocycles. The minimum absolute atomic E-state index is 0.149. The Hall–Kier alpha value is -3.50. The van der Waals surface area contributed by atoms with E-state index in [9.17, 15) is 4.79 Å². The van der Waals surface area contributed by atoms with Gasteiger partial charge >= 0.3 is 0 Å². The molecule has 2 N–H and O–H groups in total. The van der Waals surface area contributed by atoms with E-state index in [4.69, 9.17) is 39.0 Å². The first kappa shape index (κ1) is 18.8. The molecule has 0 fully saturated rings. The van der Waals surface area contributed by atoms with Crippen molar-refractivity contribution < 1.29 is 4.79 Å². The van der Waals surface area contributed by atoms with Gasteiger partial charge in [-0.25, -0.2) is 0 Å². The fourth-order valence-electron chi connectivity index (χ4n) is 1.94. The summed E-state index contributed by atoms with van der Waals surface area (Å²) in [7, 11) is 0. The van der Waals surface area contributed by atoms with Gasteiger partial charge in [-0.2, -0.15) is 15.8 Å². The van der Waals surface area contributed by atoms with Crippen molar-refractivity contribution in [1.29, 1.82) is 15.8 Å². The number of carbonyl (C=O) groups is 1. The van der Waals surface area contributed by atoms with Gasteiger partial charge in [-0.1, -0.05) is 41.4 Å². The average molecular weight is 382 g/mol. The summed E-state index contributed by atoms with van der Waals surface area (Å²) >= 11 is 12.2. The highest BCUT2D eigenvalue weighted by atomic mass is 35.5. The van der Waals surface area contributed by atoms with Crippen LogP contribution in [0.15, 0.2) is 53.7 Å². The van der Waals surface area contributed by atoms with Crippen LogP contribution < -0.4 is 10.6 Å². The molecule has 2 aromatic carbocycles. The van der Waals surface area contributed by atoms with Crippen LogP contribution >= 0.6 is 23.2 Å². The maximum absolute atomic E-state index is 12.3. The maximum Gasteiger partial charge on any atom is 0.255 e. The monoisotopic (exact) mass is 381 g/mol. The van der Waals surface area contributed by atoms with Crippen molar-refractivity contribution in [1.82, 2.24) is 0 Å². The number of benzene rings is 2. The third kappa shape index (κ3) is 4.32. The normalized spacial score (nSPS) is 9.19. The molecule has 2 aromatic rings. The summed E-state index contributed by atoms with van der Waals surface area (Å²) in [6, 6.07) is 16.3. The van der Waals surface area contributed by atoms with E-state index in [2.05, 4.69) is 10.6 Å². The lowest BCUT2D eigenvalue weighted by atomic mass is 10.2. The van der Waals surface area contributed by atoms with Gasteiger partial charge in [0.1, 0.15) is 23.9 Å². The molecule has 6 nitrogen and oxygen atoms in total. The van der Waals surface area contributed by atoms with Crippen LogP contribution in [0, 0.1) is 34.0 Å². The summed E-state index contributed by atoms with van der Waals surface area (Å²) in [5.41, 5.74) is 0.231. The SMILES string of the molecule is N#CC(C#N)=C(C#N)Nc1cc(NC(=O)c2ccccc2)c(Cl)cc1Cl. The van der Waals surface area contributed by atoms with Crippen molar-refractivity contribution in [3.8, 4) is 18.2 Å². The highest BCUT2D eigenvalue weighted by molar-refractivity contribution is 6.38. The molecule has 26 heavy (non-hydrogen) atoms. The fourth-order valence-corrected chi connectivity index (χ4v) is 2.42. The predicted octanol–water partition coefficient (Wildman–Crippen LogP) is 4.48. The van der Waals surface area contributed by atoms with Gasteiger partial charge in [0.05, 0.1) is 21.4 Å². The largest absolute Gasteiger partial charge is 0.344 e. The van der Waals surface area contributed by atoms with E-state index >= 15 is 0 Å². The first-order chi connectivity index (χ1) is 12.5. The number of nitriles is 3. The lowest BCUT2D eigenvalue weighted by Crippen LogP contribution is -2.12. The van der Waals surface area contributed by atoms with Gasteiger partial charge in [0.25, 0.3) is 5.91 Å². The van der Waals surface area contributed by atoms with Crippen molar-refractivity contribution >= 4 is 40.5 Å². The quantitative estimate of drug-likeness (QED) is 0.757. The van der Waals surface area contributed by atoms with Crippen LogP contribution in [0.1, 0.15) is 10.4 Å². The molecule has 0 spiro atoms. The molecule has 0 aliphatic heterocycles. The van der Waals surface area contributed by atoms with Crippen LogP contribution in [0.5, 0.6) is 0 Å². The van der Waals surface area contributed by atoms with Crippen molar-refractivity contribution in [2.45, 2.75) is 0 Å². The number of hydrogen-bond acceptors (Lipinski definition) is 5. The second-order valence-electron chi connectivity index (χ2n) is 4.84. The summed E-state index contributed by atoms with van der Waals surface area (Å²) in [6.07, 6.45) is 0. The van der Waals surface area contributed by atoms with Gasteiger partial charge in [-0.3, -0.25) is 4.79 Å². The predicted molar refractivity (Wildman–Crippen MR) is 98.3 cm³/mol. The van der Waals surface area contributed by atoms with E-state index in [0.29, 0.717) is 5.56 Å². The number of anilines is 2. The fraction of sp³-hybridized carbons (Fsp3) is 0. The Kier molecular flexibility index (Phi) is 6.20. The molecule has 0 saturated carbocycles. The number of halogens is 2. The van der Waals surface area contributed by atoms with Crippen LogP contribution in [0.2, 0.25) is 10.0 Å². The van der Waals surface area contributed by atoms with Gasteiger partial charge < -0.3 is 10.6 Å². The van der Waals surface area contributed by atoms with Crippen molar-refractivity contribution in [3.05, 3.63) is 69.3 Å². The Morgan fingerprint density at radius 2 is 1.42 bits per heavy atom. The maximum atomic E-state index is 12.3. The number of nitrogens with one attached hydrogen (secondary N) is 2. The molecule has 0 aliphatic rings. The van der Waals surface area contributed by atoms with Crippen LogP contribution in [0.25, 0.3) is 0 Å². The van der Waals surface area contributed by atoms with Crippen LogP contribution in [0.3, 0.4) is 0 Å². The van der Waals surface area contributed by atoms with Gasteiger partial charge in [0.15, 0.2) is 5.57 Å². The van der Waals surface area contributed by atoms with Crippen molar-refractivity contribution in [2.75, 3.05) is 10.6 Å². The molecule has 0 unspecified atom stereocenters. The highest BCUT2D eigenvalue weighted by Crippen LogP contribution is 2.33. The Bertz CT molecular complexity index is 995. The molecule has 8 heteroatoms. The third-order valence-corrected chi connectivity index (χ3v) is 3.81. The summed E-state index contributed by atoms with van der Waals surface area (Å²) in [4.78, 5) is 12.3. The summed E-state index contributed by atoms with van der Waals surface area (Å²) in [6.45, 7) is 0. The third-order valence-electron chi connectivity index (χ3n) is 3.19. The number of nitrogens with zero attached hydrogens (tertiary/aromatic N) is 3. The molecule has 2 rings (SSSR count). The van der Waals surface area contributed by atoms with Crippen molar-refractivity contribution in [3.63, 3.8) is 0 Å². The number of hydrogen-bond donors (Lipinski definition) is 2. The highest BCUT2D eigenvalue weighted by Gasteiger charge is 2.14. The molecule has 126 valence electrons. The molecule has 0 bridgehead atoms. The zero-order valence-corrected chi connectivity index (χ0v) is 14.6. The van der Waals surface area contributed by atoms with Crippen LogP contribution in [-0.4, -0.2) is 5.91 Å². The summed E-state index contributed by atoms with van der Waals surface area (Å²) in [5.74, 6) is -0.383. The van der Waals surface area contributed by atoms with Crippen LogP contribution in [-0.2, 0) is 0 Å². The van der Waals surface area contributed by atoms with E-state index in [1.807, 2.05) is 0 Å². The molecular formula is C18H9Cl2N5O. The minimum Gasteiger partial charge on any atom is -0.344 e. The molecule has 0 atom stereocenters. The Morgan fingerprint density at radius 3 is 1.96 bits per heavy atom. The second kappa shape index (κ2) is 8.55. The van der Waals surface area contributed by atoms with Crippen molar-refractivity contribution in [2.24, 2.45) is 0 Å². The molecule has 0 saturated heterocycles. The van der Waals surface area contributed by atoms with E-state index < -0.39 is 5.57 Å². The Labute approximate surface area is 159 Å². The van der Waals surface area contributed by atoms with Gasteiger partial charge in [-0.05, 0) is 24.3 Å². The lowest BCUT2D eigenvalue weighted by Gasteiger charge is -2.12. The summed E-state index contributed by atoms with van der Waals surface area (Å²) < 4.78 is 0. The van der Waals surface area contributed by atoms with Crippen LogP contribution in [0.4, 0.5) is 11.4 Å². The van der Waals surface area contributed by atoms with E-state index in [1.165, 1.54) is 12.1 Å². The molecular weight excluding hydrogens is 373 g/mol. The topological polar surface area (TPSA) is 112 Å². The smallest absolute Gasteiger partial charge is 0.255 e. The molecule has 0 heterocycles.